The van der Waals surface area contributed by atoms with Crippen LogP contribution in [0.5, 0.6) is 0 Å². The Morgan fingerprint density at radius 3 is 2.35 bits per heavy atom. The smallest absolute Gasteiger partial charge is 0.748 e. The minimum absolute atomic E-state index is 0. The number of carbonyl (C=O) groups is 1. The SMILES string of the molecule is CC1(C)C(/C=C/C=C/C=C2\N(CCCCS(=O)(=O)[O-])c3sc4ccccc4c3C2(C)C)=[N+](CCC(=O)O)c2ccc(S(=O)(=O)[O-])cc21.[Na+]. The van der Waals surface area contributed by atoms with E-state index in [2.05, 4.69) is 30.9 Å². The largest absolute Gasteiger partial charge is 1.00 e. The van der Waals surface area contributed by atoms with Crippen LogP contribution in [-0.4, -0.2) is 66.1 Å². The predicted molar refractivity (Wildman–Crippen MR) is 182 cm³/mol. The molecule has 0 radical (unpaired) electrons. The zero-order valence-electron chi connectivity index (χ0n) is 27.6. The van der Waals surface area contributed by atoms with Gasteiger partial charge in [0.25, 0.3) is 0 Å². The van der Waals surface area contributed by atoms with E-state index in [1.165, 1.54) is 27.8 Å². The molecule has 0 amide bonds. The second-order valence-corrected chi connectivity index (χ2v) is 16.7. The molecule has 0 fully saturated rings. The van der Waals surface area contributed by atoms with E-state index in [9.17, 15) is 35.8 Å². The van der Waals surface area contributed by atoms with Gasteiger partial charge in [0.2, 0.25) is 5.69 Å². The zero-order valence-corrected chi connectivity index (χ0v) is 32.0. The molecule has 14 heteroatoms. The van der Waals surface area contributed by atoms with Crippen LogP contribution in [0, 0.1) is 0 Å². The van der Waals surface area contributed by atoms with Crippen LogP contribution in [0.4, 0.5) is 10.7 Å². The standard InChI is InChI=1S/C34H38N2O8S3.Na/c1-33(2)25-22-23(47(42,43)44)16-17-26(25)35(20-18-30(37)38)28(33)14-6-5-7-15-29-34(3,4)31-24-12-8-9-13-27(24)45-32(31)36(29)19-10-11-21-46(39,40)41;/h5-9,12-17,22H,10-11,18-21H2,1-4H3,(H2-,37,38,39,40,41,42,43,44);/q;+1/p-1. The number of carboxylic acid groups (broad SMARTS) is 1. The molecule has 0 unspecified atom stereocenters. The molecule has 2 aliphatic heterocycles. The van der Waals surface area contributed by atoms with Gasteiger partial charge in [-0.25, -0.2) is 16.8 Å². The van der Waals surface area contributed by atoms with Crippen molar-refractivity contribution < 1.29 is 70.0 Å². The number of hydrogen-bond donors (Lipinski definition) is 1. The number of aliphatic carboxylic acids is 1. The van der Waals surface area contributed by atoms with Crippen molar-refractivity contribution in [1.29, 1.82) is 0 Å². The number of rotatable bonds is 12. The molecule has 2 aliphatic rings. The maximum absolute atomic E-state index is 11.8. The van der Waals surface area contributed by atoms with Gasteiger partial charge in [-0.1, -0.05) is 50.3 Å². The van der Waals surface area contributed by atoms with Gasteiger partial charge in [-0.2, -0.15) is 4.58 Å². The molecule has 1 N–H and O–H groups in total. The number of nitrogens with zero attached hydrogens (tertiary/aromatic N) is 2. The van der Waals surface area contributed by atoms with E-state index in [1.807, 2.05) is 60.9 Å². The molecule has 48 heavy (non-hydrogen) atoms. The van der Waals surface area contributed by atoms with E-state index in [0.717, 1.165) is 16.4 Å². The van der Waals surface area contributed by atoms with Gasteiger partial charge >= 0.3 is 35.5 Å². The molecule has 0 spiro atoms. The van der Waals surface area contributed by atoms with E-state index in [-0.39, 0.29) is 59.3 Å². The summed E-state index contributed by atoms with van der Waals surface area (Å²) in [5.41, 5.74) is 3.21. The van der Waals surface area contributed by atoms with Gasteiger partial charge in [0.15, 0.2) is 12.3 Å². The zero-order chi connectivity index (χ0) is 34.4. The summed E-state index contributed by atoms with van der Waals surface area (Å²) in [7, 11) is -8.96. The molecule has 1 aromatic heterocycles. The molecule has 250 valence electrons. The minimum Gasteiger partial charge on any atom is -0.748 e. The molecule has 2 aromatic carbocycles. The first kappa shape index (κ1) is 38.2. The van der Waals surface area contributed by atoms with Crippen molar-refractivity contribution in [2.24, 2.45) is 0 Å². The van der Waals surface area contributed by atoms with Crippen molar-refractivity contribution >= 4 is 64.0 Å². The molecular weight excluding hydrogens is 684 g/mol. The van der Waals surface area contributed by atoms with Crippen LogP contribution in [0.2, 0.25) is 0 Å². The summed E-state index contributed by atoms with van der Waals surface area (Å²) in [5, 5.41) is 11.7. The van der Waals surface area contributed by atoms with Gasteiger partial charge in [0.1, 0.15) is 21.5 Å². The van der Waals surface area contributed by atoms with Crippen molar-refractivity contribution in [3.63, 3.8) is 0 Å². The number of unbranched alkanes of at least 4 members (excludes halogenated alkanes) is 1. The molecule has 0 saturated heterocycles. The summed E-state index contributed by atoms with van der Waals surface area (Å²) in [4.78, 5) is 13.3. The van der Waals surface area contributed by atoms with Gasteiger partial charge in [0, 0.05) is 51.4 Å². The fourth-order valence-electron chi connectivity index (χ4n) is 6.59. The molecule has 0 bridgehead atoms. The fourth-order valence-corrected chi connectivity index (χ4v) is 9.04. The molecule has 5 rings (SSSR count). The Morgan fingerprint density at radius 2 is 1.69 bits per heavy atom. The van der Waals surface area contributed by atoms with Crippen molar-refractivity contribution in [2.75, 3.05) is 23.7 Å². The number of allylic oxidation sites excluding steroid dienone is 6. The van der Waals surface area contributed by atoms with Crippen LogP contribution in [0.3, 0.4) is 0 Å². The number of benzene rings is 2. The average molecular weight is 721 g/mol. The quantitative estimate of drug-likeness (QED) is 0.0977. The van der Waals surface area contributed by atoms with E-state index >= 15 is 0 Å². The van der Waals surface area contributed by atoms with Crippen molar-refractivity contribution in [1.82, 2.24) is 0 Å². The van der Waals surface area contributed by atoms with Gasteiger partial charge in [-0.15, -0.1) is 11.3 Å². The van der Waals surface area contributed by atoms with E-state index in [0.29, 0.717) is 24.2 Å². The molecular formula is C34H37N2NaO8S3. The monoisotopic (exact) mass is 720 g/mol. The number of fused-ring (bicyclic) bond motifs is 4. The third kappa shape index (κ3) is 7.73. The Morgan fingerprint density at radius 1 is 0.979 bits per heavy atom. The topological polar surface area (TPSA) is 158 Å². The third-order valence-corrected chi connectivity index (χ3v) is 11.6. The summed E-state index contributed by atoms with van der Waals surface area (Å²) in [5.74, 6) is -1.37. The molecule has 0 saturated carbocycles. The van der Waals surface area contributed by atoms with Crippen LogP contribution in [0.1, 0.15) is 58.1 Å². The first-order valence-corrected chi connectivity index (χ1v) is 19.0. The minimum atomic E-state index is -4.68. The number of anilines is 1. The maximum Gasteiger partial charge on any atom is 1.00 e. The van der Waals surface area contributed by atoms with E-state index in [4.69, 9.17) is 0 Å². The first-order chi connectivity index (χ1) is 21.9. The third-order valence-electron chi connectivity index (χ3n) is 8.84. The number of carboxylic acids is 1. The van der Waals surface area contributed by atoms with Gasteiger partial charge < -0.3 is 19.1 Å². The summed E-state index contributed by atoms with van der Waals surface area (Å²) in [6, 6.07) is 12.4. The van der Waals surface area contributed by atoms with Crippen molar-refractivity contribution in [2.45, 2.75) is 62.7 Å². The Bertz CT molecular complexity index is 2090. The molecule has 0 atom stereocenters. The Labute approximate surface area is 308 Å². The summed E-state index contributed by atoms with van der Waals surface area (Å²) < 4.78 is 71.9. The second kappa shape index (κ2) is 14.3. The van der Waals surface area contributed by atoms with Gasteiger partial charge in [-0.05, 0) is 56.4 Å². The molecule has 0 aliphatic carbocycles. The summed E-state index contributed by atoms with van der Waals surface area (Å²) in [6.45, 7) is 8.84. The number of thiophene rings is 1. The summed E-state index contributed by atoms with van der Waals surface area (Å²) in [6.07, 6.45) is 10.2. The van der Waals surface area contributed by atoms with Crippen LogP contribution in [0.25, 0.3) is 10.1 Å². The maximum atomic E-state index is 11.8. The normalized spacial score (nSPS) is 17.9. The molecule has 3 aromatic rings. The molecule has 10 nitrogen and oxygen atoms in total. The van der Waals surface area contributed by atoms with E-state index in [1.54, 1.807) is 17.4 Å². The van der Waals surface area contributed by atoms with Crippen LogP contribution in [0.15, 0.2) is 83.4 Å². The molecule has 3 heterocycles. The van der Waals surface area contributed by atoms with Crippen LogP contribution in [-0.2, 0) is 35.9 Å². The Hall–Kier alpha value is -2.62. The number of hydrogen-bond acceptors (Lipinski definition) is 9. The first-order valence-electron chi connectivity index (χ1n) is 15.2. The predicted octanol–water partition coefficient (Wildman–Crippen LogP) is 2.78. The second-order valence-electron chi connectivity index (χ2n) is 12.8. The Kier molecular flexibility index (Phi) is 11.4. The fraction of sp³-hybridized carbons (Fsp3) is 0.353. The van der Waals surface area contributed by atoms with E-state index < -0.39 is 37.4 Å². The Balaban J connectivity index is 0.00000520. The van der Waals surface area contributed by atoms with Crippen molar-refractivity contribution in [3.05, 3.63) is 89.7 Å². The van der Waals surface area contributed by atoms with Gasteiger partial charge in [0.05, 0.1) is 20.4 Å². The average Bonchev–Trinajstić information content (AvgIpc) is 3.53. The van der Waals surface area contributed by atoms with Crippen LogP contribution < -0.4 is 34.5 Å². The van der Waals surface area contributed by atoms with Crippen molar-refractivity contribution in [3.8, 4) is 0 Å². The van der Waals surface area contributed by atoms with Gasteiger partial charge in [-0.3, -0.25) is 4.79 Å². The summed E-state index contributed by atoms with van der Waals surface area (Å²) >= 11 is 1.69. The van der Waals surface area contributed by atoms with Crippen LogP contribution >= 0.6 is 11.3 Å².